The van der Waals surface area contributed by atoms with Crippen molar-refractivity contribution in [3.63, 3.8) is 0 Å². The summed E-state index contributed by atoms with van der Waals surface area (Å²) in [5, 5.41) is 1.45. The zero-order valence-corrected chi connectivity index (χ0v) is 13.5. The van der Waals surface area contributed by atoms with Gasteiger partial charge in [-0.15, -0.1) is 0 Å². The van der Waals surface area contributed by atoms with E-state index >= 15 is 0 Å². The summed E-state index contributed by atoms with van der Waals surface area (Å²) >= 11 is 9.50. The smallest absolute Gasteiger partial charge is 0.254 e. The Balaban J connectivity index is 2.22. The van der Waals surface area contributed by atoms with E-state index in [1.807, 2.05) is 24.0 Å². The molecule has 104 valence electrons. The summed E-state index contributed by atoms with van der Waals surface area (Å²) in [6.07, 6.45) is 4.70. The number of carbonyl (C=O) groups excluding carboxylic acids is 1. The molecule has 0 bridgehead atoms. The standard InChI is InChI=1S/C15H19BrClNO/c1-11-8-12(10-13(17)9-11)15(19)18(7-6-16)14-4-2-3-5-14/h8-10,14H,2-7H2,1H3. The van der Waals surface area contributed by atoms with E-state index < -0.39 is 0 Å². The molecule has 4 heteroatoms. The van der Waals surface area contributed by atoms with Gasteiger partial charge < -0.3 is 4.90 Å². The Labute approximate surface area is 128 Å². The van der Waals surface area contributed by atoms with E-state index in [1.54, 1.807) is 6.07 Å². The molecule has 0 aliphatic heterocycles. The molecule has 0 N–H and O–H groups in total. The largest absolute Gasteiger partial charge is 0.335 e. The maximum absolute atomic E-state index is 12.7. The van der Waals surface area contributed by atoms with E-state index in [9.17, 15) is 4.79 Å². The van der Waals surface area contributed by atoms with E-state index in [2.05, 4.69) is 15.9 Å². The van der Waals surface area contributed by atoms with Crippen LogP contribution in [0.2, 0.25) is 5.02 Å². The lowest BCUT2D eigenvalue weighted by Crippen LogP contribution is -2.40. The number of amides is 1. The maximum atomic E-state index is 12.7. The molecule has 1 aromatic rings. The highest BCUT2D eigenvalue weighted by Crippen LogP contribution is 2.26. The summed E-state index contributed by atoms with van der Waals surface area (Å²) < 4.78 is 0. The van der Waals surface area contributed by atoms with Crippen LogP contribution in [-0.2, 0) is 0 Å². The summed E-state index contributed by atoms with van der Waals surface area (Å²) in [5.74, 6) is 0.108. The molecule has 0 unspecified atom stereocenters. The summed E-state index contributed by atoms with van der Waals surface area (Å²) in [6, 6.07) is 5.96. The Hall–Kier alpha value is -0.540. The molecule has 19 heavy (non-hydrogen) atoms. The normalized spacial score (nSPS) is 15.7. The molecule has 1 fully saturated rings. The first-order chi connectivity index (χ1) is 9.11. The lowest BCUT2D eigenvalue weighted by Gasteiger charge is -2.28. The molecule has 0 radical (unpaired) electrons. The minimum atomic E-state index is 0.108. The monoisotopic (exact) mass is 343 g/mol. The van der Waals surface area contributed by atoms with Crippen LogP contribution in [0.4, 0.5) is 0 Å². The number of carbonyl (C=O) groups is 1. The summed E-state index contributed by atoms with van der Waals surface area (Å²) in [4.78, 5) is 14.7. The second kappa shape index (κ2) is 6.76. The van der Waals surface area contributed by atoms with Crippen molar-refractivity contribution >= 4 is 33.4 Å². The summed E-state index contributed by atoms with van der Waals surface area (Å²) in [5.41, 5.74) is 1.74. The number of hydrogen-bond donors (Lipinski definition) is 0. The van der Waals surface area contributed by atoms with Gasteiger partial charge in [0.25, 0.3) is 5.91 Å². The topological polar surface area (TPSA) is 20.3 Å². The Bertz CT molecular complexity index is 437. The Morgan fingerprint density at radius 3 is 2.63 bits per heavy atom. The van der Waals surface area contributed by atoms with Crippen molar-refractivity contribution < 1.29 is 4.79 Å². The first kappa shape index (κ1) is 14.9. The lowest BCUT2D eigenvalue weighted by molar-refractivity contribution is 0.0696. The van der Waals surface area contributed by atoms with Gasteiger partial charge in [-0.05, 0) is 43.5 Å². The van der Waals surface area contributed by atoms with Gasteiger partial charge in [0.1, 0.15) is 0 Å². The van der Waals surface area contributed by atoms with Gasteiger partial charge in [-0.3, -0.25) is 4.79 Å². The van der Waals surface area contributed by atoms with Crippen molar-refractivity contribution in [1.29, 1.82) is 0 Å². The van der Waals surface area contributed by atoms with Crippen LogP contribution in [0.1, 0.15) is 41.6 Å². The van der Waals surface area contributed by atoms with E-state index in [-0.39, 0.29) is 5.91 Å². The van der Waals surface area contributed by atoms with Crippen LogP contribution in [0.5, 0.6) is 0 Å². The van der Waals surface area contributed by atoms with Gasteiger partial charge in [-0.1, -0.05) is 40.4 Å². The third kappa shape index (κ3) is 3.73. The fourth-order valence-corrected chi connectivity index (χ4v) is 3.45. The third-order valence-electron chi connectivity index (χ3n) is 3.64. The fourth-order valence-electron chi connectivity index (χ4n) is 2.78. The van der Waals surface area contributed by atoms with E-state index in [0.29, 0.717) is 16.6 Å². The number of alkyl halides is 1. The number of hydrogen-bond acceptors (Lipinski definition) is 1. The molecule has 1 aromatic carbocycles. The maximum Gasteiger partial charge on any atom is 0.254 e. The average Bonchev–Trinajstić information content (AvgIpc) is 2.87. The molecule has 0 heterocycles. The zero-order chi connectivity index (χ0) is 13.8. The molecular weight excluding hydrogens is 326 g/mol. The lowest BCUT2D eigenvalue weighted by atomic mass is 10.1. The Morgan fingerprint density at radius 1 is 1.37 bits per heavy atom. The van der Waals surface area contributed by atoms with Crippen molar-refractivity contribution in [2.45, 2.75) is 38.6 Å². The van der Waals surface area contributed by atoms with Crippen LogP contribution in [0, 0.1) is 6.92 Å². The Morgan fingerprint density at radius 2 is 2.05 bits per heavy atom. The molecule has 1 aliphatic rings. The minimum absolute atomic E-state index is 0.108. The highest BCUT2D eigenvalue weighted by atomic mass is 79.9. The van der Waals surface area contributed by atoms with Crippen molar-refractivity contribution in [3.8, 4) is 0 Å². The average molecular weight is 345 g/mol. The summed E-state index contributed by atoms with van der Waals surface area (Å²) in [7, 11) is 0. The summed E-state index contributed by atoms with van der Waals surface area (Å²) in [6.45, 7) is 2.72. The van der Waals surface area contributed by atoms with Crippen LogP contribution in [-0.4, -0.2) is 28.7 Å². The van der Waals surface area contributed by atoms with Gasteiger partial charge in [-0.2, -0.15) is 0 Å². The molecule has 0 atom stereocenters. The number of halogens is 2. The Kier molecular flexibility index (Phi) is 5.28. The first-order valence-corrected chi connectivity index (χ1v) is 8.26. The van der Waals surface area contributed by atoms with Crippen molar-refractivity contribution in [2.75, 3.05) is 11.9 Å². The van der Waals surface area contributed by atoms with E-state index in [1.165, 1.54) is 12.8 Å². The van der Waals surface area contributed by atoms with Gasteiger partial charge in [0.15, 0.2) is 0 Å². The predicted octanol–water partition coefficient (Wildman–Crippen LogP) is 4.43. The van der Waals surface area contributed by atoms with E-state index in [4.69, 9.17) is 11.6 Å². The molecule has 2 nitrogen and oxygen atoms in total. The predicted molar refractivity (Wildman–Crippen MR) is 83.3 cm³/mol. The van der Waals surface area contributed by atoms with Crippen molar-refractivity contribution in [1.82, 2.24) is 4.90 Å². The number of benzene rings is 1. The first-order valence-electron chi connectivity index (χ1n) is 6.76. The van der Waals surface area contributed by atoms with Crippen LogP contribution in [0.25, 0.3) is 0 Å². The highest BCUT2D eigenvalue weighted by molar-refractivity contribution is 9.09. The number of nitrogens with zero attached hydrogens (tertiary/aromatic N) is 1. The molecule has 2 rings (SSSR count). The molecule has 0 aromatic heterocycles. The molecule has 1 saturated carbocycles. The minimum Gasteiger partial charge on any atom is -0.335 e. The van der Waals surface area contributed by atoms with Crippen LogP contribution in [0.3, 0.4) is 0 Å². The van der Waals surface area contributed by atoms with Crippen LogP contribution < -0.4 is 0 Å². The van der Waals surface area contributed by atoms with Crippen LogP contribution >= 0.6 is 27.5 Å². The molecular formula is C15H19BrClNO. The second-order valence-corrected chi connectivity index (χ2v) is 6.37. The number of aryl methyl sites for hydroxylation is 1. The molecule has 0 saturated heterocycles. The molecule has 1 amide bonds. The molecule has 1 aliphatic carbocycles. The van der Waals surface area contributed by atoms with E-state index in [0.717, 1.165) is 30.3 Å². The SMILES string of the molecule is Cc1cc(Cl)cc(C(=O)N(CCBr)C2CCCC2)c1. The van der Waals surface area contributed by atoms with Gasteiger partial charge >= 0.3 is 0 Å². The van der Waals surface area contributed by atoms with Gasteiger partial charge in [0.2, 0.25) is 0 Å². The quantitative estimate of drug-likeness (QED) is 0.740. The third-order valence-corrected chi connectivity index (χ3v) is 4.21. The second-order valence-electron chi connectivity index (χ2n) is 5.14. The van der Waals surface area contributed by atoms with Crippen molar-refractivity contribution in [3.05, 3.63) is 34.3 Å². The van der Waals surface area contributed by atoms with Gasteiger partial charge in [0, 0.05) is 28.5 Å². The van der Waals surface area contributed by atoms with Crippen molar-refractivity contribution in [2.24, 2.45) is 0 Å². The van der Waals surface area contributed by atoms with Gasteiger partial charge in [-0.25, -0.2) is 0 Å². The highest BCUT2D eigenvalue weighted by Gasteiger charge is 2.27. The van der Waals surface area contributed by atoms with Crippen LogP contribution in [0.15, 0.2) is 18.2 Å². The number of rotatable bonds is 4. The fraction of sp³-hybridized carbons (Fsp3) is 0.533. The zero-order valence-electron chi connectivity index (χ0n) is 11.2. The van der Waals surface area contributed by atoms with Gasteiger partial charge in [0.05, 0.1) is 0 Å². The molecule has 0 spiro atoms.